The minimum absolute atomic E-state index is 0.0656. The molecule has 7 nitrogen and oxygen atoms in total. The average Bonchev–Trinajstić information content (AvgIpc) is 3.06. The molecule has 1 aliphatic heterocycles. The van der Waals surface area contributed by atoms with E-state index in [1.54, 1.807) is 6.07 Å². The van der Waals surface area contributed by atoms with Crippen molar-refractivity contribution in [2.45, 2.75) is 12.8 Å². The molecule has 0 bridgehead atoms. The summed E-state index contributed by atoms with van der Waals surface area (Å²) < 4.78 is 5.33. The number of imidazole rings is 1. The van der Waals surface area contributed by atoms with Crippen LogP contribution in [0.3, 0.4) is 0 Å². The van der Waals surface area contributed by atoms with Crippen molar-refractivity contribution in [2.75, 3.05) is 25.1 Å². The molecular formula is C13H16N4O3. The normalized spacial score (nSPS) is 18.5. The van der Waals surface area contributed by atoms with Crippen molar-refractivity contribution in [3.05, 3.63) is 28.3 Å². The molecule has 2 N–H and O–H groups in total. The third-order valence-electron chi connectivity index (χ3n) is 3.55. The van der Waals surface area contributed by atoms with Crippen LogP contribution in [-0.4, -0.2) is 34.6 Å². The second kappa shape index (κ2) is 5.46. The standard InChI is InChI=1S/C13H16N4O3/c18-17(19)10-1-2-11-12(7-10)16-13(15-11)14-5-3-9-4-6-20-8-9/h1-2,7,9H,3-6,8H2,(H2,14,15,16). The number of nitro groups is 1. The van der Waals surface area contributed by atoms with Crippen LogP contribution in [0.25, 0.3) is 11.0 Å². The number of benzene rings is 1. The predicted molar refractivity (Wildman–Crippen MR) is 74.8 cm³/mol. The Morgan fingerprint density at radius 2 is 2.45 bits per heavy atom. The van der Waals surface area contributed by atoms with Gasteiger partial charge in [0.2, 0.25) is 5.95 Å². The van der Waals surface area contributed by atoms with Crippen LogP contribution < -0.4 is 5.32 Å². The molecule has 2 aromatic rings. The highest BCUT2D eigenvalue weighted by Crippen LogP contribution is 2.21. The number of aromatic amines is 1. The van der Waals surface area contributed by atoms with E-state index < -0.39 is 4.92 Å². The number of fused-ring (bicyclic) bond motifs is 1. The first-order chi connectivity index (χ1) is 9.72. The van der Waals surface area contributed by atoms with Gasteiger partial charge in [-0.15, -0.1) is 0 Å². The molecule has 1 aromatic carbocycles. The van der Waals surface area contributed by atoms with Crippen molar-refractivity contribution >= 4 is 22.7 Å². The third-order valence-corrected chi connectivity index (χ3v) is 3.55. The van der Waals surface area contributed by atoms with E-state index in [1.165, 1.54) is 12.1 Å². The van der Waals surface area contributed by atoms with E-state index in [0.29, 0.717) is 17.4 Å². The van der Waals surface area contributed by atoms with Crippen molar-refractivity contribution in [3.63, 3.8) is 0 Å². The Labute approximate surface area is 115 Å². The van der Waals surface area contributed by atoms with Crippen LogP contribution in [0.4, 0.5) is 11.6 Å². The summed E-state index contributed by atoms with van der Waals surface area (Å²) in [5.41, 5.74) is 1.46. The van der Waals surface area contributed by atoms with Gasteiger partial charge in [-0.2, -0.15) is 0 Å². The topological polar surface area (TPSA) is 93.1 Å². The Bertz CT molecular complexity index is 619. The average molecular weight is 276 g/mol. The lowest BCUT2D eigenvalue weighted by Crippen LogP contribution is -2.09. The van der Waals surface area contributed by atoms with Crippen molar-refractivity contribution in [1.29, 1.82) is 0 Å². The van der Waals surface area contributed by atoms with E-state index in [-0.39, 0.29) is 5.69 Å². The Kier molecular flexibility index (Phi) is 3.51. The van der Waals surface area contributed by atoms with Crippen molar-refractivity contribution in [1.82, 2.24) is 9.97 Å². The van der Waals surface area contributed by atoms with Crippen molar-refractivity contribution in [2.24, 2.45) is 5.92 Å². The largest absolute Gasteiger partial charge is 0.381 e. The predicted octanol–water partition coefficient (Wildman–Crippen LogP) is 2.31. The monoisotopic (exact) mass is 276 g/mol. The molecule has 0 amide bonds. The molecule has 1 aliphatic rings. The van der Waals surface area contributed by atoms with Crippen LogP contribution in [0.1, 0.15) is 12.8 Å². The first kappa shape index (κ1) is 12.9. The molecule has 20 heavy (non-hydrogen) atoms. The number of ether oxygens (including phenoxy) is 1. The molecule has 1 fully saturated rings. The van der Waals surface area contributed by atoms with Gasteiger partial charge in [0.1, 0.15) is 0 Å². The van der Waals surface area contributed by atoms with Gasteiger partial charge in [0.05, 0.1) is 16.0 Å². The first-order valence-electron chi connectivity index (χ1n) is 6.68. The number of H-pyrrole nitrogens is 1. The molecule has 2 heterocycles. The maximum Gasteiger partial charge on any atom is 0.271 e. The van der Waals surface area contributed by atoms with Gasteiger partial charge in [0, 0.05) is 31.9 Å². The Morgan fingerprint density at radius 3 is 3.20 bits per heavy atom. The molecule has 106 valence electrons. The zero-order valence-electron chi connectivity index (χ0n) is 11.0. The smallest absolute Gasteiger partial charge is 0.271 e. The minimum Gasteiger partial charge on any atom is -0.381 e. The molecule has 1 saturated heterocycles. The van der Waals surface area contributed by atoms with Gasteiger partial charge < -0.3 is 15.0 Å². The van der Waals surface area contributed by atoms with Crippen LogP contribution in [0.2, 0.25) is 0 Å². The lowest BCUT2D eigenvalue weighted by molar-refractivity contribution is -0.384. The van der Waals surface area contributed by atoms with Gasteiger partial charge in [-0.1, -0.05) is 0 Å². The van der Waals surface area contributed by atoms with E-state index >= 15 is 0 Å². The molecule has 0 saturated carbocycles. The quantitative estimate of drug-likeness (QED) is 0.645. The van der Waals surface area contributed by atoms with Crippen LogP contribution in [0.15, 0.2) is 18.2 Å². The fourth-order valence-corrected chi connectivity index (χ4v) is 2.40. The Morgan fingerprint density at radius 1 is 1.55 bits per heavy atom. The number of nitro benzene ring substituents is 1. The first-order valence-corrected chi connectivity index (χ1v) is 6.68. The van der Waals surface area contributed by atoms with Gasteiger partial charge in [-0.05, 0) is 24.8 Å². The maximum absolute atomic E-state index is 10.7. The van der Waals surface area contributed by atoms with Gasteiger partial charge in [-0.25, -0.2) is 4.98 Å². The van der Waals surface area contributed by atoms with Crippen LogP contribution >= 0.6 is 0 Å². The lowest BCUT2D eigenvalue weighted by atomic mass is 10.1. The van der Waals surface area contributed by atoms with Gasteiger partial charge in [0.15, 0.2) is 0 Å². The number of rotatable bonds is 5. The summed E-state index contributed by atoms with van der Waals surface area (Å²) in [6.07, 6.45) is 2.16. The highest BCUT2D eigenvalue weighted by Gasteiger charge is 2.15. The summed E-state index contributed by atoms with van der Waals surface area (Å²) in [5, 5.41) is 13.9. The minimum atomic E-state index is -0.409. The number of hydrogen-bond donors (Lipinski definition) is 2. The van der Waals surface area contributed by atoms with E-state index in [4.69, 9.17) is 4.74 Å². The second-order valence-corrected chi connectivity index (χ2v) is 4.99. The van der Waals surface area contributed by atoms with Crippen LogP contribution in [0.5, 0.6) is 0 Å². The molecule has 3 rings (SSSR count). The van der Waals surface area contributed by atoms with Crippen molar-refractivity contribution < 1.29 is 9.66 Å². The summed E-state index contributed by atoms with van der Waals surface area (Å²) in [4.78, 5) is 17.7. The van der Waals surface area contributed by atoms with Crippen LogP contribution in [-0.2, 0) is 4.74 Å². The Hall–Kier alpha value is -2.15. The molecule has 0 spiro atoms. The zero-order valence-corrected chi connectivity index (χ0v) is 11.0. The summed E-state index contributed by atoms with van der Waals surface area (Å²) in [6, 6.07) is 4.61. The fourth-order valence-electron chi connectivity index (χ4n) is 2.40. The summed E-state index contributed by atoms with van der Waals surface area (Å²) in [5.74, 6) is 1.27. The number of aromatic nitrogens is 2. The highest BCUT2D eigenvalue weighted by atomic mass is 16.6. The number of nitrogens with one attached hydrogen (secondary N) is 2. The van der Waals surface area contributed by atoms with Crippen molar-refractivity contribution in [3.8, 4) is 0 Å². The lowest BCUT2D eigenvalue weighted by Gasteiger charge is -2.07. The molecule has 7 heteroatoms. The summed E-state index contributed by atoms with van der Waals surface area (Å²) in [6.45, 7) is 2.52. The van der Waals surface area contributed by atoms with Gasteiger partial charge in [0.25, 0.3) is 5.69 Å². The number of hydrogen-bond acceptors (Lipinski definition) is 5. The number of non-ortho nitro benzene ring substituents is 1. The van der Waals surface area contributed by atoms with Gasteiger partial charge in [-0.3, -0.25) is 10.1 Å². The van der Waals surface area contributed by atoms with Gasteiger partial charge >= 0.3 is 0 Å². The van der Waals surface area contributed by atoms with E-state index in [0.717, 1.165) is 38.1 Å². The fraction of sp³-hybridized carbons (Fsp3) is 0.462. The number of anilines is 1. The molecule has 0 aliphatic carbocycles. The van der Waals surface area contributed by atoms with E-state index in [2.05, 4.69) is 15.3 Å². The summed E-state index contributed by atoms with van der Waals surface area (Å²) in [7, 11) is 0. The van der Waals surface area contributed by atoms with E-state index in [1.807, 2.05) is 0 Å². The number of nitrogens with zero attached hydrogens (tertiary/aromatic N) is 2. The highest BCUT2D eigenvalue weighted by molar-refractivity contribution is 5.79. The SMILES string of the molecule is O=[N+]([O-])c1ccc2nc(NCCC3CCOC3)[nH]c2c1. The van der Waals surface area contributed by atoms with E-state index in [9.17, 15) is 10.1 Å². The summed E-state index contributed by atoms with van der Waals surface area (Å²) >= 11 is 0. The molecule has 0 radical (unpaired) electrons. The molecule has 1 atom stereocenters. The second-order valence-electron chi connectivity index (χ2n) is 4.99. The molecular weight excluding hydrogens is 260 g/mol. The maximum atomic E-state index is 10.7. The Balaban J connectivity index is 1.64. The zero-order chi connectivity index (χ0) is 13.9. The molecule has 1 unspecified atom stereocenters. The van der Waals surface area contributed by atoms with Crippen LogP contribution in [0, 0.1) is 16.0 Å². The molecule has 1 aromatic heterocycles. The third kappa shape index (κ3) is 2.72.